The molecule has 1 saturated heterocycles. The molecular weight excluding hydrogens is 592 g/mol. The molecule has 0 bridgehead atoms. The number of cyclic esters (lactones) is 1. The maximum absolute atomic E-state index is 12.8. The van der Waals surface area contributed by atoms with Crippen LogP contribution in [0.1, 0.15) is 107 Å². The maximum Gasteiger partial charge on any atom is 0.410 e. The van der Waals surface area contributed by atoms with Crippen LogP contribution in [0.2, 0.25) is 0 Å². The van der Waals surface area contributed by atoms with E-state index in [0.717, 1.165) is 99.7 Å². The van der Waals surface area contributed by atoms with E-state index in [1.165, 1.54) is 6.42 Å². The number of benzene rings is 2. The van der Waals surface area contributed by atoms with Gasteiger partial charge in [0.05, 0.1) is 18.0 Å². The van der Waals surface area contributed by atoms with Gasteiger partial charge in [-0.2, -0.15) is 0 Å². The largest absolute Gasteiger partial charge is 0.463 e. The molecule has 2 aromatic carbocycles. The van der Waals surface area contributed by atoms with Crippen LogP contribution in [0.4, 0.5) is 4.79 Å². The van der Waals surface area contributed by atoms with E-state index in [9.17, 15) is 13.2 Å². The number of hydrogen-bond donors (Lipinski definition) is 1. The summed E-state index contributed by atoms with van der Waals surface area (Å²) in [5.41, 5.74) is 2.99. The first kappa shape index (κ1) is 33.7. The summed E-state index contributed by atoms with van der Waals surface area (Å²) in [4.78, 5) is 14.6. The van der Waals surface area contributed by atoms with Crippen LogP contribution < -0.4 is 9.46 Å². The van der Waals surface area contributed by atoms with Crippen LogP contribution in [-0.4, -0.2) is 57.5 Å². The SMILES string of the molecule is CC1(C)OCc2cc(C3CN(CCCCCCOCCCCc4cccc(S(=O)(=O)NC5CCCCC5)c4)C(=O)O3)ccc2O1. The van der Waals surface area contributed by atoms with Crippen molar-refractivity contribution in [1.82, 2.24) is 9.62 Å². The van der Waals surface area contributed by atoms with Crippen molar-refractivity contribution in [3.05, 3.63) is 59.2 Å². The highest BCUT2D eigenvalue weighted by Crippen LogP contribution is 2.35. The second kappa shape index (κ2) is 15.8. The van der Waals surface area contributed by atoms with Crippen LogP contribution >= 0.6 is 0 Å². The molecule has 1 aliphatic carbocycles. The normalized spacial score (nSPS) is 20.1. The van der Waals surface area contributed by atoms with Gasteiger partial charge >= 0.3 is 6.09 Å². The molecule has 1 saturated carbocycles. The molecule has 0 radical (unpaired) electrons. The van der Waals surface area contributed by atoms with Crippen LogP contribution in [0.3, 0.4) is 0 Å². The molecule has 1 atom stereocenters. The Balaban J connectivity index is 0.902. The van der Waals surface area contributed by atoms with Crippen LogP contribution in [-0.2, 0) is 37.3 Å². The first-order chi connectivity index (χ1) is 21.7. The number of nitrogens with zero attached hydrogens (tertiary/aromatic N) is 1. The van der Waals surface area contributed by atoms with E-state index in [4.69, 9.17) is 18.9 Å². The third kappa shape index (κ3) is 9.91. The number of fused-ring (bicyclic) bond motifs is 1. The van der Waals surface area contributed by atoms with Gasteiger partial charge in [0, 0.05) is 45.2 Å². The van der Waals surface area contributed by atoms with Gasteiger partial charge in [0.15, 0.2) is 0 Å². The number of unbranched alkanes of at least 4 members (excludes halogenated alkanes) is 4. The zero-order valence-electron chi connectivity index (χ0n) is 26.9. The number of carbonyl (C=O) groups excluding carboxylic acids is 1. The lowest BCUT2D eigenvalue weighted by atomic mass is 9.96. The van der Waals surface area contributed by atoms with Crippen molar-refractivity contribution in [2.45, 2.75) is 120 Å². The number of hydrogen-bond acceptors (Lipinski definition) is 7. The molecular formula is C35H50N2O7S. The van der Waals surface area contributed by atoms with Crippen LogP contribution in [0.5, 0.6) is 5.75 Å². The number of sulfonamides is 1. The van der Waals surface area contributed by atoms with E-state index in [0.29, 0.717) is 31.2 Å². The van der Waals surface area contributed by atoms with Gasteiger partial charge in [-0.3, -0.25) is 0 Å². The molecule has 2 aromatic rings. The molecule has 248 valence electrons. The molecule has 9 nitrogen and oxygen atoms in total. The lowest BCUT2D eigenvalue weighted by molar-refractivity contribution is -0.180. The predicted octanol–water partition coefficient (Wildman–Crippen LogP) is 7.04. The summed E-state index contributed by atoms with van der Waals surface area (Å²) in [5.74, 6) is 0.186. The molecule has 2 aliphatic heterocycles. The molecule has 10 heteroatoms. The van der Waals surface area contributed by atoms with E-state index in [2.05, 4.69) is 4.72 Å². The van der Waals surface area contributed by atoms with Crippen LogP contribution in [0.25, 0.3) is 0 Å². The average Bonchev–Trinajstić information content (AvgIpc) is 3.39. The minimum Gasteiger partial charge on any atom is -0.463 e. The van der Waals surface area contributed by atoms with Crippen molar-refractivity contribution in [3.63, 3.8) is 0 Å². The summed E-state index contributed by atoms with van der Waals surface area (Å²) in [6.45, 7) is 6.97. The van der Waals surface area contributed by atoms with Crippen molar-refractivity contribution in [1.29, 1.82) is 0 Å². The molecule has 1 N–H and O–H groups in total. The summed E-state index contributed by atoms with van der Waals surface area (Å²) in [5, 5.41) is 0. The highest BCUT2D eigenvalue weighted by Gasteiger charge is 2.33. The number of nitrogens with one attached hydrogen (secondary N) is 1. The van der Waals surface area contributed by atoms with E-state index in [-0.39, 0.29) is 18.2 Å². The fourth-order valence-corrected chi connectivity index (χ4v) is 7.67. The van der Waals surface area contributed by atoms with Gasteiger partial charge in [0.1, 0.15) is 11.9 Å². The Morgan fingerprint density at radius 1 is 0.956 bits per heavy atom. The van der Waals surface area contributed by atoms with Crippen molar-refractivity contribution in [2.24, 2.45) is 0 Å². The topological polar surface area (TPSA) is 103 Å². The minimum atomic E-state index is -3.47. The summed E-state index contributed by atoms with van der Waals surface area (Å²) < 4.78 is 51.7. The third-order valence-corrected chi connectivity index (χ3v) is 10.4. The standard InChI is InChI=1S/C35H50N2O7S/c1-35(2)42-26-29-24-28(18-19-32(29)44-35)33-25-37(34(38)43-33)20-9-3-4-10-21-41-22-11-8-13-27-14-12-17-31(23-27)45(39,40)36-30-15-6-5-7-16-30/h12,14,17-19,23-24,30,33,36H,3-11,13,15-16,20-22,25-26H2,1-2H3. The number of aryl methyl sites for hydroxylation is 1. The Labute approximate surface area is 269 Å². The Bertz CT molecular complexity index is 1370. The first-order valence-electron chi connectivity index (χ1n) is 16.8. The summed E-state index contributed by atoms with van der Waals surface area (Å²) in [6.07, 6.45) is 11.5. The molecule has 3 aliphatic rings. The smallest absolute Gasteiger partial charge is 0.410 e. The summed E-state index contributed by atoms with van der Waals surface area (Å²) in [6, 6.07) is 13.3. The molecule has 2 fully saturated rings. The van der Waals surface area contributed by atoms with Crippen molar-refractivity contribution in [3.8, 4) is 5.75 Å². The molecule has 0 aromatic heterocycles. The predicted molar refractivity (Wildman–Crippen MR) is 173 cm³/mol. The van der Waals surface area contributed by atoms with Crippen molar-refractivity contribution >= 4 is 16.1 Å². The zero-order valence-corrected chi connectivity index (χ0v) is 27.7. The third-order valence-electron chi connectivity index (χ3n) is 8.88. The minimum absolute atomic E-state index is 0.0628. The number of ether oxygens (including phenoxy) is 4. The average molecular weight is 643 g/mol. The molecule has 1 unspecified atom stereocenters. The van der Waals surface area contributed by atoms with Gasteiger partial charge in [0.25, 0.3) is 0 Å². The quantitative estimate of drug-likeness (QED) is 0.196. The molecule has 5 rings (SSSR count). The van der Waals surface area contributed by atoms with Crippen molar-refractivity contribution < 1.29 is 32.2 Å². The van der Waals surface area contributed by atoms with Crippen LogP contribution in [0.15, 0.2) is 47.4 Å². The van der Waals surface area contributed by atoms with E-state index in [1.54, 1.807) is 11.0 Å². The fraction of sp³-hybridized carbons (Fsp3) is 0.629. The summed E-state index contributed by atoms with van der Waals surface area (Å²) >= 11 is 0. The Morgan fingerprint density at radius 2 is 1.73 bits per heavy atom. The van der Waals surface area contributed by atoms with Gasteiger partial charge in [-0.1, -0.05) is 50.3 Å². The van der Waals surface area contributed by atoms with Crippen molar-refractivity contribution in [2.75, 3.05) is 26.3 Å². The van der Waals surface area contributed by atoms with E-state index < -0.39 is 15.8 Å². The van der Waals surface area contributed by atoms with E-state index in [1.807, 2.05) is 50.2 Å². The van der Waals surface area contributed by atoms with Gasteiger partial charge in [-0.05, 0) is 80.3 Å². The number of rotatable bonds is 16. The number of amides is 1. The molecule has 2 heterocycles. The van der Waals surface area contributed by atoms with Gasteiger partial charge < -0.3 is 23.8 Å². The lowest BCUT2D eigenvalue weighted by Crippen LogP contribution is -2.36. The van der Waals surface area contributed by atoms with Gasteiger partial charge in [-0.15, -0.1) is 0 Å². The summed E-state index contributed by atoms with van der Waals surface area (Å²) in [7, 11) is -3.47. The molecule has 45 heavy (non-hydrogen) atoms. The second-order valence-corrected chi connectivity index (χ2v) is 14.8. The first-order valence-corrected chi connectivity index (χ1v) is 18.3. The molecule has 1 amide bonds. The second-order valence-electron chi connectivity index (χ2n) is 13.1. The highest BCUT2D eigenvalue weighted by molar-refractivity contribution is 7.89. The lowest BCUT2D eigenvalue weighted by Gasteiger charge is -2.32. The Hall–Kier alpha value is -2.66. The molecule has 0 spiro atoms. The Morgan fingerprint density at radius 3 is 2.56 bits per heavy atom. The maximum atomic E-state index is 12.8. The van der Waals surface area contributed by atoms with E-state index >= 15 is 0 Å². The van der Waals surface area contributed by atoms with Gasteiger partial charge in [0.2, 0.25) is 15.8 Å². The highest BCUT2D eigenvalue weighted by atomic mass is 32.2. The fourth-order valence-electron chi connectivity index (χ4n) is 6.29. The Kier molecular flexibility index (Phi) is 11.8. The van der Waals surface area contributed by atoms with Gasteiger partial charge in [-0.25, -0.2) is 17.9 Å². The van der Waals surface area contributed by atoms with Crippen LogP contribution in [0, 0.1) is 0 Å². The number of carbonyl (C=O) groups is 1. The zero-order chi connectivity index (χ0) is 31.7. The monoisotopic (exact) mass is 642 g/mol.